The Morgan fingerprint density at radius 3 is 2.00 bits per heavy atom. The Bertz CT molecular complexity index is 650. The van der Waals surface area contributed by atoms with Crippen LogP contribution in [0.3, 0.4) is 0 Å². The van der Waals surface area contributed by atoms with Crippen molar-refractivity contribution in [3.63, 3.8) is 0 Å². The zero-order valence-electron chi connectivity index (χ0n) is 12.5. The predicted octanol–water partition coefficient (Wildman–Crippen LogP) is 5.93. The largest absolute Gasteiger partial charge is 0.204 e. The van der Waals surface area contributed by atoms with Crippen LogP contribution in [-0.2, 0) is 0 Å². The van der Waals surface area contributed by atoms with E-state index >= 15 is 0 Å². The summed E-state index contributed by atoms with van der Waals surface area (Å²) in [4.78, 5) is 0. The van der Waals surface area contributed by atoms with E-state index in [2.05, 4.69) is 24.8 Å². The van der Waals surface area contributed by atoms with E-state index in [4.69, 9.17) is 0 Å². The Kier molecular flexibility index (Phi) is 4.37. The van der Waals surface area contributed by atoms with Gasteiger partial charge in [0.05, 0.1) is 0 Å². The fourth-order valence-corrected chi connectivity index (χ4v) is 3.09. The molecule has 2 aromatic rings. The Balaban J connectivity index is 1.75. The van der Waals surface area contributed by atoms with Crippen LogP contribution in [0.2, 0.25) is 0 Å². The van der Waals surface area contributed by atoms with E-state index in [-0.39, 0.29) is 0 Å². The highest BCUT2D eigenvalue weighted by molar-refractivity contribution is 5.64. The van der Waals surface area contributed by atoms with Crippen molar-refractivity contribution in [1.82, 2.24) is 0 Å². The topological polar surface area (TPSA) is 0 Å². The highest BCUT2D eigenvalue weighted by Gasteiger charge is 2.21. The zero-order chi connectivity index (χ0) is 15.5. The van der Waals surface area contributed by atoms with E-state index in [1.807, 2.05) is 12.1 Å². The lowest BCUT2D eigenvalue weighted by Gasteiger charge is -2.26. The summed E-state index contributed by atoms with van der Waals surface area (Å²) >= 11 is 0. The van der Waals surface area contributed by atoms with Gasteiger partial charge in [0, 0.05) is 5.92 Å². The maximum Gasteiger partial charge on any atom is 0.159 e. The van der Waals surface area contributed by atoms with Crippen molar-refractivity contribution in [2.75, 3.05) is 0 Å². The number of hydrogen-bond acceptors (Lipinski definition) is 0. The lowest BCUT2D eigenvalue weighted by molar-refractivity contribution is 0.456. The molecule has 0 nitrogen and oxygen atoms in total. The second-order valence-electron chi connectivity index (χ2n) is 5.88. The fourth-order valence-electron chi connectivity index (χ4n) is 3.09. The molecule has 0 unspecified atom stereocenters. The summed E-state index contributed by atoms with van der Waals surface area (Å²) in [5.74, 6) is 0.508. The summed E-state index contributed by atoms with van der Waals surface area (Å²) in [5, 5.41) is 0. The molecule has 2 heteroatoms. The zero-order valence-corrected chi connectivity index (χ0v) is 12.5. The lowest BCUT2D eigenvalue weighted by Crippen LogP contribution is -2.12. The van der Waals surface area contributed by atoms with Gasteiger partial charge in [0.1, 0.15) is 0 Å². The van der Waals surface area contributed by atoms with E-state index in [0.717, 1.165) is 18.4 Å². The lowest BCUT2D eigenvalue weighted by atomic mass is 9.78. The standard InChI is InChI=1S/C20H19F2/c1-2-14-3-5-15(6-4-14)16-7-9-17(10-8-16)18-11-12-19(21)20(22)13-18/h2,7-14H,1,3-6H2. The molecule has 2 aromatic carbocycles. The molecule has 0 heterocycles. The highest BCUT2D eigenvalue weighted by atomic mass is 19.2. The Labute approximate surface area is 130 Å². The normalized spacial score (nSPS) is 16.6. The van der Waals surface area contributed by atoms with E-state index in [0.29, 0.717) is 11.5 Å². The van der Waals surface area contributed by atoms with E-state index in [1.165, 1.54) is 36.5 Å². The van der Waals surface area contributed by atoms with Gasteiger partial charge in [-0.25, -0.2) is 8.78 Å². The molecule has 0 N–H and O–H groups in total. The second-order valence-corrected chi connectivity index (χ2v) is 5.88. The van der Waals surface area contributed by atoms with Gasteiger partial charge in [0.25, 0.3) is 0 Å². The van der Waals surface area contributed by atoms with Gasteiger partial charge >= 0.3 is 0 Å². The Morgan fingerprint density at radius 1 is 0.818 bits per heavy atom. The van der Waals surface area contributed by atoms with Crippen LogP contribution in [0.5, 0.6) is 0 Å². The first-order chi connectivity index (χ1) is 10.7. The van der Waals surface area contributed by atoms with Crippen LogP contribution in [0.25, 0.3) is 11.1 Å². The molecule has 0 amide bonds. The summed E-state index contributed by atoms with van der Waals surface area (Å²) in [7, 11) is 0. The third-order valence-corrected chi connectivity index (χ3v) is 4.51. The fraction of sp³-hybridized carbons (Fsp3) is 0.250. The van der Waals surface area contributed by atoms with Crippen molar-refractivity contribution in [2.45, 2.75) is 25.7 Å². The van der Waals surface area contributed by atoms with Gasteiger partial charge in [0.2, 0.25) is 0 Å². The van der Waals surface area contributed by atoms with Crippen LogP contribution in [0.15, 0.2) is 55.1 Å². The third-order valence-electron chi connectivity index (χ3n) is 4.51. The maximum absolute atomic E-state index is 13.3. The average Bonchev–Trinajstić information content (AvgIpc) is 2.58. The van der Waals surface area contributed by atoms with Gasteiger partial charge in [-0.05, 0) is 60.4 Å². The molecule has 113 valence electrons. The quantitative estimate of drug-likeness (QED) is 0.616. The molecular formula is C20H19F2. The number of halogens is 2. The predicted molar refractivity (Wildman–Crippen MR) is 86.3 cm³/mol. The second kappa shape index (κ2) is 6.43. The minimum atomic E-state index is -0.810. The van der Waals surface area contributed by atoms with Crippen molar-refractivity contribution in [3.05, 3.63) is 78.2 Å². The van der Waals surface area contributed by atoms with Gasteiger partial charge < -0.3 is 0 Å². The molecule has 1 aliphatic rings. The van der Waals surface area contributed by atoms with Crippen molar-refractivity contribution in [3.8, 4) is 11.1 Å². The van der Waals surface area contributed by atoms with Gasteiger partial charge in [-0.15, -0.1) is 6.58 Å². The summed E-state index contributed by atoms with van der Waals surface area (Å²) in [6, 6.07) is 12.1. The Hall–Kier alpha value is -1.96. The molecule has 0 saturated heterocycles. The van der Waals surface area contributed by atoms with Crippen LogP contribution in [-0.4, -0.2) is 0 Å². The SMILES string of the molecule is C=CC1CC[C](c2ccc(-c3ccc(F)c(F)c3)cc2)CC1. The molecule has 1 aliphatic carbocycles. The molecule has 0 aliphatic heterocycles. The van der Waals surface area contributed by atoms with Crippen molar-refractivity contribution in [1.29, 1.82) is 0 Å². The highest BCUT2D eigenvalue weighted by Crippen LogP contribution is 2.36. The van der Waals surface area contributed by atoms with Crippen LogP contribution < -0.4 is 0 Å². The van der Waals surface area contributed by atoms with Crippen molar-refractivity contribution in [2.24, 2.45) is 5.92 Å². The Morgan fingerprint density at radius 2 is 1.41 bits per heavy atom. The van der Waals surface area contributed by atoms with Crippen molar-refractivity contribution >= 4 is 0 Å². The summed E-state index contributed by atoms with van der Waals surface area (Å²) in [6.07, 6.45) is 6.62. The van der Waals surface area contributed by atoms with Crippen molar-refractivity contribution < 1.29 is 8.78 Å². The first-order valence-electron chi connectivity index (χ1n) is 7.70. The van der Waals surface area contributed by atoms with E-state index in [9.17, 15) is 8.78 Å². The van der Waals surface area contributed by atoms with Gasteiger partial charge in [0.15, 0.2) is 11.6 Å². The van der Waals surface area contributed by atoms with Gasteiger partial charge in [-0.2, -0.15) is 0 Å². The molecule has 0 aromatic heterocycles. The molecule has 1 saturated carbocycles. The van der Waals surface area contributed by atoms with Crippen LogP contribution >= 0.6 is 0 Å². The van der Waals surface area contributed by atoms with E-state index < -0.39 is 11.6 Å². The summed E-state index contributed by atoms with van der Waals surface area (Å²) in [6.45, 7) is 3.87. The molecule has 1 radical (unpaired) electrons. The molecule has 0 atom stereocenters. The van der Waals surface area contributed by atoms with Crippen LogP contribution in [0, 0.1) is 23.5 Å². The molecule has 0 bridgehead atoms. The number of hydrogen-bond donors (Lipinski definition) is 0. The molecule has 1 fully saturated rings. The minimum Gasteiger partial charge on any atom is -0.204 e. The average molecular weight is 297 g/mol. The van der Waals surface area contributed by atoms with E-state index in [1.54, 1.807) is 6.07 Å². The molecule has 22 heavy (non-hydrogen) atoms. The molecule has 0 spiro atoms. The smallest absolute Gasteiger partial charge is 0.159 e. The number of allylic oxidation sites excluding steroid dienone is 1. The van der Waals surface area contributed by atoms with Crippen LogP contribution in [0.1, 0.15) is 31.2 Å². The number of benzene rings is 2. The molecular weight excluding hydrogens is 278 g/mol. The van der Waals surface area contributed by atoms with Gasteiger partial charge in [-0.1, -0.05) is 36.4 Å². The first-order valence-corrected chi connectivity index (χ1v) is 7.70. The minimum absolute atomic E-state index is 0.644. The number of rotatable bonds is 3. The van der Waals surface area contributed by atoms with Gasteiger partial charge in [-0.3, -0.25) is 0 Å². The van der Waals surface area contributed by atoms with Crippen LogP contribution in [0.4, 0.5) is 8.78 Å². The summed E-state index contributed by atoms with van der Waals surface area (Å²) in [5.41, 5.74) is 2.86. The molecule has 3 rings (SSSR count). The third kappa shape index (κ3) is 3.11. The monoisotopic (exact) mass is 297 g/mol. The summed E-state index contributed by atoms with van der Waals surface area (Å²) < 4.78 is 26.3. The first kappa shape index (κ1) is 15.0. The maximum atomic E-state index is 13.3.